The molecule has 134 valence electrons. The van der Waals surface area contributed by atoms with Gasteiger partial charge in [-0.2, -0.15) is 13.9 Å². The molecule has 2 rings (SSSR count). The van der Waals surface area contributed by atoms with Crippen molar-refractivity contribution >= 4 is 5.91 Å². The van der Waals surface area contributed by atoms with E-state index in [2.05, 4.69) is 15.2 Å². The first-order chi connectivity index (χ1) is 11.6. The van der Waals surface area contributed by atoms with E-state index in [-0.39, 0.29) is 18.2 Å². The number of amides is 1. The number of ether oxygens (including phenoxy) is 1. The van der Waals surface area contributed by atoms with Gasteiger partial charge in [0.05, 0.1) is 5.69 Å². The van der Waals surface area contributed by atoms with Crippen molar-refractivity contribution in [1.82, 2.24) is 15.1 Å². The zero-order chi connectivity index (χ0) is 18.6. The average molecular weight is 351 g/mol. The standard InChI is InChI=1S/C17H19F2N3O3/c1-17(2,3)20-14(23)10-22-15(24)9-8-13(21-22)11-4-6-12(7-5-11)25-16(18)19/h4-9,16H,10H2,1-3H3,(H,20,23). The lowest BCUT2D eigenvalue weighted by Crippen LogP contribution is -2.43. The van der Waals surface area contributed by atoms with E-state index >= 15 is 0 Å². The highest BCUT2D eigenvalue weighted by molar-refractivity contribution is 5.76. The molecule has 0 aliphatic heterocycles. The first kappa shape index (κ1) is 18.6. The summed E-state index contributed by atoms with van der Waals surface area (Å²) in [5, 5.41) is 6.91. The third-order valence-corrected chi connectivity index (χ3v) is 3.05. The number of carbonyl (C=O) groups is 1. The van der Waals surface area contributed by atoms with E-state index in [1.807, 2.05) is 20.8 Å². The SMILES string of the molecule is CC(C)(C)NC(=O)Cn1nc(-c2ccc(OC(F)F)cc2)ccc1=O. The van der Waals surface area contributed by atoms with E-state index in [0.29, 0.717) is 11.3 Å². The maximum Gasteiger partial charge on any atom is 0.387 e. The first-order valence-electron chi connectivity index (χ1n) is 7.58. The Morgan fingerprint density at radius 2 is 1.84 bits per heavy atom. The first-order valence-corrected chi connectivity index (χ1v) is 7.58. The summed E-state index contributed by atoms with van der Waals surface area (Å²) in [5.74, 6) is -0.309. The molecule has 0 aliphatic rings. The fourth-order valence-corrected chi connectivity index (χ4v) is 2.12. The van der Waals surface area contributed by atoms with Gasteiger partial charge < -0.3 is 10.1 Å². The molecule has 0 radical (unpaired) electrons. The minimum absolute atomic E-state index is 0.0247. The highest BCUT2D eigenvalue weighted by atomic mass is 19.3. The lowest BCUT2D eigenvalue weighted by Gasteiger charge is -2.20. The van der Waals surface area contributed by atoms with Gasteiger partial charge in [-0.05, 0) is 51.1 Å². The summed E-state index contributed by atoms with van der Waals surface area (Å²) in [5.41, 5.74) is 0.211. The monoisotopic (exact) mass is 351 g/mol. The Morgan fingerprint density at radius 3 is 2.40 bits per heavy atom. The largest absolute Gasteiger partial charge is 0.435 e. The molecule has 0 spiro atoms. The van der Waals surface area contributed by atoms with Gasteiger partial charge in [0.15, 0.2) is 0 Å². The van der Waals surface area contributed by atoms with Crippen LogP contribution < -0.4 is 15.6 Å². The molecule has 1 heterocycles. The van der Waals surface area contributed by atoms with Crippen molar-refractivity contribution in [1.29, 1.82) is 0 Å². The number of aromatic nitrogens is 2. The summed E-state index contributed by atoms with van der Waals surface area (Å²) in [6, 6.07) is 8.66. The summed E-state index contributed by atoms with van der Waals surface area (Å²) in [7, 11) is 0. The number of nitrogens with one attached hydrogen (secondary N) is 1. The average Bonchev–Trinajstić information content (AvgIpc) is 2.48. The third kappa shape index (κ3) is 5.66. The molecule has 2 aromatic rings. The quantitative estimate of drug-likeness (QED) is 0.898. The summed E-state index contributed by atoms with van der Waals surface area (Å²) < 4.78 is 29.7. The molecule has 25 heavy (non-hydrogen) atoms. The van der Waals surface area contributed by atoms with Gasteiger partial charge in [0, 0.05) is 17.2 Å². The number of rotatable bonds is 5. The van der Waals surface area contributed by atoms with Gasteiger partial charge in [0.2, 0.25) is 5.91 Å². The van der Waals surface area contributed by atoms with E-state index < -0.39 is 17.7 Å². The molecule has 8 heteroatoms. The number of halogens is 2. The molecule has 1 aromatic carbocycles. The van der Waals surface area contributed by atoms with Gasteiger partial charge in [-0.15, -0.1) is 0 Å². The fourth-order valence-electron chi connectivity index (χ4n) is 2.12. The molecule has 1 amide bonds. The molecule has 0 saturated carbocycles. The Morgan fingerprint density at radius 1 is 1.20 bits per heavy atom. The Balaban J connectivity index is 2.20. The highest BCUT2D eigenvalue weighted by Crippen LogP contribution is 2.21. The fraction of sp³-hybridized carbons (Fsp3) is 0.353. The van der Waals surface area contributed by atoms with Crippen molar-refractivity contribution in [2.75, 3.05) is 0 Å². The van der Waals surface area contributed by atoms with Gasteiger partial charge in [-0.1, -0.05) is 0 Å². The Hall–Kier alpha value is -2.77. The van der Waals surface area contributed by atoms with E-state index in [0.717, 1.165) is 4.68 Å². The number of nitrogens with zero attached hydrogens (tertiary/aromatic N) is 2. The van der Waals surface area contributed by atoms with Crippen molar-refractivity contribution in [2.24, 2.45) is 0 Å². The van der Waals surface area contributed by atoms with E-state index in [1.165, 1.54) is 24.3 Å². The van der Waals surface area contributed by atoms with Crippen LogP contribution in [0.15, 0.2) is 41.2 Å². The molecule has 0 fully saturated rings. The summed E-state index contributed by atoms with van der Waals surface area (Å²) in [4.78, 5) is 23.9. The molecular weight excluding hydrogens is 332 g/mol. The van der Waals surface area contributed by atoms with E-state index in [9.17, 15) is 18.4 Å². The molecule has 6 nitrogen and oxygen atoms in total. The van der Waals surface area contributed by atoms with Crippen molar-refractivity contribution in [3.63, 3.8) is 0 Å². The van der Waals surface area contributed by atoms with Crippen LogP contribution in [0.25, 0.3) is 11.3 Å². The third-order valence-electron chi connectivity index (χ3n) is 3.05. The maximum absolute atomic E-state index is 12.2. The van der Waals surface area contributed by atoms with Crippen LogP contribution >= 0.6 is 0 Å². The molecule has 0 aliphatic carbocycles. The van der Waals surface area contributed by atoms with Crippen molar-refractivity contribution in [3.05, 3.63) is 46.8 Å². The van der Waals surface area contributed by atoms with Crippen molar-refractivity contribution < 1.29 is 18.3 Å². The van der Waals surface area contributed by atoms with Crippen molar-refractivity contribution in [3.8, 4) is 17.0 Å². The van der Waals surface area contributed by atoms with Crippen LogP contribution in [-0.2, 0) is 11.3 Å². The topological polar surface area (TPSA) is 73.2 Å². The second-order valence-corrected chi connectivity index (χ2v) is 6.42. The second kappa shape index (κ2) is 7.42. The predicted octanol–water partition coefficient (Wildman–Crippen LogP) is 2.43. The van der Waals surface area contributed by atoms with Crippen LogP contribution in [0, 0.1) is 0 Å². The van der Waals surface area contributed by atoms with Gasteiger partial charge in [-0.3, -0.25) is 9.59 Å². The van der Waals surface area contributed by atoms with Crippen LogP contribution in [0.3, 0.4) is 0 Å². The molecule has 0 bridgehead atoms. The summed E-state index contributed by atoms with van der Waals surface area (Å²) >= 11 is 0. The maximum atomic E-state index is 12.2. The lowest BCUT2D eigenvalue weighted by atomic mass is 10.1. The van der Waals surface area contributed by atoms with Gasteiger partial charge >= 0.3 is 6.61 Å². The number of hydrogen-bond acceptors (Lipinski definition) is 4. The van der Waals surface area contributed by atoms with Crippen LogP contribution in [0.5, 0.6) is 5.75 Å². The molecule has 0 saturated heterocycles. The van der Waals surface area contributed by atoms with E-state index in [1.54, 1.807) is 12.1 Å². The lowest BCUT2D eigenvalue weighted by molar-refractivity contribution is -0.123. The Kier molecular flexibility index (Phi) is 5.51. The molecule has 0 atom stereocenters. The minimum Gasteiger partial charge on any atom is -0.435 e. The highest BCUT2D eigenvalue weighted by Gasteiger charge is 2.15. The van der Waals surface area contributed by atoms with Crippen LogP contribution in [-0.4, -0.2) is 27.8 Å². The number of alkyl halides is 2. The van der Waals surface area contributed by atoms with Crippen molar-refractivity contribution in [2.45, 2.75) is 39.5 Å². The van der Waals surface area contributed by atoms with Gasteiger partial charge in [0.25, 0.3) is 5.56 Å². The molecule has 0 unspecified atom stereocenters. The van der Waals surface area contributed by atoms with Crippen LogP contribution in [0.4, 0.5) is 8.78 Å². The summed E-state index contributed by atoms with van der Waals surface area (Å²) in [6.07, 6.45) is 0. The van der Waals surface area contributed by atoms with Crippen LogP contribution in [0.1, 0.15) is 20.8 Å². The van der Waals surface area contributed by atoms with Gasteiger partial charge in [-0.25, -0.2) is 4.68 Å². The van der Waals surface area contributed by atoms with Crippen LogP contribution in [0.2, 0.25) is 0 Å². The number of hydrogen-bond donors (Lipinski definition) is 1. The number of carbonyl (C=O) groups excluding carboxylic acids is 1. The molecule has 1 aromatic heterocycles. The predicted molar refractivity (Wildman–Crippen MR) is 88.5 cm³/mol. The zero-order valence-corrected chi connectivity index (χ0v) is 14.1. The Labute approximate surface area is 143 Å². The number of benzene rings is 1. The smallest absolute Gasteiger partial charge is 0.387 e. The Bertz CT molecular complexity index is 796. The molecule has 1 N–H and O–H groups in total. The minimum atomic E-state index is -2.90. The summed E-state index contributed by atoms with van der Waals surface area (Å²) in [6.45, 7) is 2.39. The normalized spacial score (nSPS) is 11.4. The van der Waals surface area contributed by atoms with Gasteiger partial charge in [0.1, 0.15) is 12.3 Å². The zero-order valence-electron chi connectivity index (χ0n) is 14.1. The molecular formula is C17H19F2N3O3. The second-order valence-electron chi connectivity index (χ2n) is 6.42. The van der Waals surface area contributed by atoms with E-state index in [4.69, 9.17) is 0 Å².